The van der Waals surface area contributed by atoms with Crippen LogP contribution in [0, 0.1) is 11.3 Å². The second kappa shape index (κ2) is 9.12. The van der Waals surface area contributed by atoms with Gasteiger partial charge in [-0.05, 0) is 38.9 Å². The van der Waals surface area contributed by atoms with E-state index < -0.39 is 7.65 Å². The van der Waals surface area contributed by atoms with Gasteiger partial charge in [0.2, 0.25) is 7.65 Å². The van der Waals surface area contributed by atoms with Crippen LogP contribution in [-0.4, -0.2) is 23.6 Å². The fraction of sp³-hybridized carbons (Fsp3) is 0.889. The van der Waals surface area contributed by atoms with Crippen molar-refractivity contribution in [1.82, 2.24) is 15.7 Å². The molecule has 0 aliphatic heterocycles. The largest absolute Gasteiger partial charge is 0.329 e. The second-order valence-electron chi connectivity index (χ2n) is 3.85. The number of hydrogen-bond donors (Lipinski definition) is 2. The van der Waals surface area contributed by atoms with Gasteiger partial charge in [-0.1, -0.05) is 0 Å². The molecule has 0 radical (unpaired) electrons. The van der Waals surface area contributed by atoms with Crippen molar-refractivity contribution in [3.63, 3.8) is 0 Å². The summed E-state index contributed by atoms with van der Waals surface area (Å²) in [6.45, 7) is 8.42. The minimum atomic E-state index is -1.29. The van der Waals surface area contributed by atoms with E-state index in [1.807, 2.05) is 33.8 Å². The Hall–Kier alpha value is 0.0500. The van der Waals surface area contributed by atoms with Crippen LogP contribution >= 0.6 is 18.9 Å². The molecule has 0 spiro atoms. The Morgan fingerprint density at radius 2 is 1.81 bits per heavy atom. The van der Waals surface area contributed by atoms with Crippen molar-refractivity contribution in [2.24, 2.45) is 0 Å². The number of hydrazine groups is 2. The molecule has 0 heterocycles. The molecule has 0 rings (SSSR count). The molecule has 0 aromatic rings. The highest BCUT2D eigenvalue weighted by Crippen LogP contribution is 2.44. The number of nitriles is 1. The minimum Gasteiger partial charge on any atom is -0.329 e. The van der Waals surface area contributed by atoms with Gasteiger partial charge in [-0.2, -0.15) is 5.26 Å². The van der Waals surface area contributed by atoms with Crippen LogP contribution < -0.4 is 10.9 Å². The summed E-state index contributed by atoms with van der Waals surface area (Å²) in [6.07, 6.45) is 0.350. The molecule has 0 bridgehead atoms. The molecule has 0 aromatic carbocycles. The summed E-state index contributed by atoms with van der Waals surface area (Å²) in [5, 5.41) is 8.40. The molecule has 5 nitrogen and oxygen atoms in total. The summed E-state index contributed by atoms with van der Waals surface area (Å²) in [5.41, 5.74) is 6.30. The highest BCUT2D eigenvalue weighted by atomic mass is 35.7. The van der Waals surface area contributed by atoms with Gasteiger partial charge in [0.1, 0.15) is 0 Å². The van der Waals surface area contributed by atoms with Gasteiger partial charge >= 0.3 is 0 Å². The average Bonchev–Trinajstić information content (AvgIpc) is 2.15. The molecule has 7 heteroatoms. The third kappa shape index (κ3) is 8.23. The summed E-state index contributed by atoms with van der Waals surface area (Å²) < 4.78 is 5.35. The predicted molar refractivity (Wildman–Crippen MR) is 67.3 cm³/mol. The lowest BCUT2D eigenvalue weighted by Gasteiger charge is -2.30. The van der Waals surface area contributed by atoms with Gasteiger partial charge in [-0.25, -0.2) is 10.9 Å². The maximum Gasteiger partial charge on any atom is 0.236 e. The number of nitrogens with zero attached hydrogens (tertiary/aromatic N) is 2. The summed E-state index contributed by atoms with van der Waals surface area (Å²) in [4.78, 5) is 1.68. The minimum absolute atomic E-state index is 0.259. The maximum atomic E-state index is 8.40. The van der Waals surface area contributed by atoms with Crippen molar-refractivity contribution in [3.8, 4) is 6.07 Å². The number of rotatable bonds is 8. The van der Waals surface area contributed by atoms with Crippen LogP contribution in [0.5, 0.6) is 0 Å². The highest BCUT2D eigenvalue weighted by Gasteiger charge is 2.19. The number of hydrogen-bond acceptors (Lipinski definition) is 5. The molecule has 16 heavy (non-hydrogen) atoms. The molecule has 1 unspecified atom stereocenters. The van der Waals surface area contributed by atoms with Gasteiger partial charge in [0.05, 0.1) is 19.1 Å². The van der Waals surface area contributed by atoms with Crippen LogP contribution in [0.3, 0.4) is 0 Å². The van der Waals surface area contributed by atoms with Crippen LogP contribution in [0.1, 0.15) is 34.1 Å². The van der Waals surface area contributed by atoms with Crippen LogP contribution in [0.2, 0.25) is 0 Å². The highest BCUT2D eigenvalue weighted by molar-refractivity contribution is 7.78. The number of halogens is 1. The van der Waals surface area contributed by atoms with Crippen molar-refractivity contribution in [1.29, 1.82) is 5.26 Å². The summed E-state index contributed by atoms with van der Waals surface area (Å²) in [6, 6.07) is 2.53. The molecule has 1 atom stereocenters. The molecule has 0 aliphatic rings. The lowest BCUT2D eigenvalue weighted by atomic mass is 10.4. The Balaban J connectivity index is 4.10. The van der Waals surface area contributed by atoms with E-state index in [2.05, 4.69) is 10.9 Å². The zero-order valence-electron chi connectivity index (χ0n) is 10.2. The third-order valence-corrected chi connectivity index (χ3v) is 3.02. The van der Waals surface area contributed by atoms with Crippen molar-refractivity contribution in [3.05, 3.63) is 0 Å². The van der Waals surface area contributed by atoms with Crippen molar-refractivity contribution < 1.29 is 4.52 Å². The third-order valence-electron chi connectivity index (χ3n) is 1.33. The van der Waals surface area contributed by atoms with E-state index in [9.17, 15) is 0 Å². The molecular formula is C9H20ClN4OP. The zero-order valence-corrected chi connectivity index (χ0v) is 11.8. The fourth-order valence-corrected chi connectivity index (χ4v) is 2.31. The van der Waals surface area contributed by atoms with Crippen molar-refractivity contribution in [2.75, 3.05) is 6.61 Å². The Morgan fingerprint density at radius 1 is 1.31 bits per heavy atom. The first-order valence-corrected chi connectivity index (χ1v) is 7.37. The van der Waals surface area contributed by atoms with Crippen LogP contribution in [0.15, 0.2) is 0 Å². The Morgan fingerprint density at radius 3 is 2.19 bits per heavy atom. The topological polar surface area (TPSA) is 60.3 Å². The van der Waals surface area contributed by atoms with Crippen LogP contribution in [-0.2, 0) is 4.52 Å². The van der Waals surface area contributed by atoms with Crippen molar-refractivity contribution in [2.45, 2.75) is 46.2 Å². The van der Waals surface area contributed by atoms with E-state index in [-0.39, 0.29) is 12.1 Å². The first-order valence-electron chi connectivity index (χ1n) is 5.25. The standard InChI is InChI=1S/C9H20ClN4OP/c1-8(2)12-14(13-9(3)4)16(10)15-7-5-6-11/h8-9,12-13H,5,7H2,1-4H3. The summed E-state index contributed by atoms with van der Waals surface area (Å²) in [5.74, 6) is 0. The first-order chi connectivity index (χ1) is 7.47. The van der Waals surface area contributed by atoms with E-state index in [0.29, 0.717) is 13.0 Å². The fourth-order valence-electron chi connectivity index (χ4n) is 0.842. The van der Waals surface area contributed by atoms with Crippen LogP contribution in [0.4, 0.5) is 0 Å². The van der Waals surface area contributed by atoms with Gasteiger partial charge in [0.25, 0.3) is 0 Å². The molecule has 0 saturated heterocycles. The molecular weight excluding hydrogens is 247 g/mol. The molecule has 0 fully saturated rings. The number of nitrogens with one attached hydrogen (secondary N) is 2. The molecule has 0 aliphatic carbocycles. The molecule has 2 N–H and O–H groups in total. The van der Waals surface area contributed by atoms with Gasteiger partial charge in [-0.15, -0.1) is 4.89 Å². The van der Waals surface area contributed by atoms with E-state index in [1.54, 1.807) is 4.89 Å². The average molecular weight is 267 g/mol. The van der Waals surface area contributed by atoms with E-state index in [4.69, 9.17) is 21.0 Å². The zero-order chi connectivity index (χ0) is 12.6. The Kier molecular flexibility index (Phi) is 9.15. The Bertz CT molecular complexity index is 212. The van der Waals surface area contributed by atoms with E-state index in [1.165, 1.54) is 0 Å². The quantitative estimate of drug-likeness (QED) is 0.402. The van der Waals surface area contributed by atoms with Gasteiger partial charge in [0.15, 0.2) is 0 Å². The van der Waals surface area contributed by atoms with Crippen molar-refractivity contribution >= 4 is 18.9 Å². The van der Waals surface area contributed by atoms with E-state index >= 15 is 0 Å². The van der Waals surface area contributed by atoms with Gasteiger partial charge in [0, 0.05) is 12.1 Å². The SMILES string of the molecule is CC(C)NN(NC(C)C)P(Cl)OCCC#N. The van der Waals surface area contributed by atoms with Gasteiger partial charge < -0.3 is 4.52 Å². The van der Waals surface area contributed by atoms with Crippen LogP contribution in [0.25, 0.3) is 0 Å². The summed E-state index contributed by atoms with van der Waals surface area (Å²) >= 11 is 6.10. The Labute approximate surface area is 104 Å². The smallest absolute Gasteiger partial charge is 0.236 e. The molecule has 0 amide bonds. The maximum absolute atomic E-state index is 8.40. The van der Waals surface area contributed by atoms with Gasteiger partial charge in [-0.3, -0.25) is 0 Å². The summed E-state index contributed by atoms with van der Waals surface area (Å²) in [7, 11) is -1.29. The molecule has 0 aromatic heterocycles. The monoisotopic (exact) mass is 266 g/mol. The first kappa shape index (κ1) is 16.1. The lowest BCUT2D eigenvalue weighted by molar-refractivity contribution is 0.179. The predicted octanol–water partition coefficient (Wildman–Crippen LogP) is 2.51. The normalized spacial score (nSPS) is 13.4. The lowest BCUT2D eigenvalue weighted by Crippen LogP contribution is -2.49. The molecule has 94 valence electrons. The molecule has 0 saturated carbocycles. The second-order valence-corrected chi connectivity index (χ2v) is 5.83. The van der Waals surface area contributed by atoms with E-state index in [0.717, 1.165) is 0 Å².